The first-order valence-electron chi connectivity index (χ1n) is 13.3. The fourth-order valence-corrected chi connectivity index (χ4v) is 5.86. The molecule has 0 spiro atoms. The SMILES string of the molecule is COc1ccc([C@@H]2CC(=O)C3=C(C2)NC(C)=C(C(=O)OCc2ccccc2)[C@H]3c2cc([N+](=O)[O-])ccc2Cl)cc1OC. The lowest BCUT2D eigenvalue weighted by atomic mass is 9.71. The average molecular weight is 589 g/mol. The minimum Gasteiger partial charge on any atom is -0.493 e. The van der Waals surface area contributed by atoms with Crippen LogP contribution < -0.4 is 14.8 Å². The summed E-state index contributed by atoms with van der Waals surface area (Å²) in [7, 11) is 3.11. The number of nitro groups is 1. The number of Topliss-reactive ketones (excluding diaryl/α,β-unsaturated/α-hetero) is 1. The molecule has 2 atom stereocenters. The Morgan fingerprint density at radius 2 is 1.76 bits per heavy atom. The van der Waals surface area contributed by atoms with Crippen molar-refractivity contribution in [1.82, 2.24) is 5.32 Å². The van der Waals surface area contributed by atoms with Gasteiger partial charge >= 0.3 is 5.97 Å². The maximum absolute atomic E-state index is 14.0. The number of benzene rings is 3. The lowest BCUT2D eigenvalue weighted by Crippen LogP contribution is -2.36. The molecule has 216 valence electrons. The van der Waals surface area contributed by atoms with Crippen molar-refractivity contribution in [3.63, 3.8) is 0 Å². The molecule has 0 saturated carbocycles. The van der Waals surface area contributed by atoms with Gasteiger partial charge in [0.1, 0.15) is 6.61 Å². The van der Waals surface area contributed by atoms with E-state index in [0.29, 0.717) is 40.5 Å². The summed E-state index contributed by atoms with van der Waals surface area (Å²) in [6.45, 7) is 1.75. The van der Waals surface area contributed by atoms with Crippen molar-refractivity contribution in [3.05, 3.63) is 121 Å². The van der Waals surface area contributed by atoms with Crippen molar-refractivity contribution in [3.8, 4) is 11.5 Å². The number of hydrogen-bond acceptors (Lipinski definition) is 8. The third-order valence-electron chi connectivity index (χ3n) is 7.64. The van der Waals surface area contributed by atoms with E-state index in [1.165, 1.54) is 18.2 Å². The van der Waals surface area contributed by atoms with Gasteiger partial charge in [0.05, 0.1) is 24.7 Å². The zero-order chi connectivity index (χ0) is 30.0. The number of dihydropyridines is 1. The predicted molar refractivity (Wildman–Crippen MR) is 156 cm³/mol. The minimum absolute atomic E-state index is 0.0209. The third-order valence-corrected chi connectivity index (χ3v) is 7.98. The van der Waals surface area contributed by atoms with Crippen LogP contribution >= 0.6 is 11.6 Å². The number of carbonyl (C=O) groups excluding carboxylic acids is 2. The second kappa shape index (κ2) is 12.1. The van der Waals surface area contributed by atoms with Crippen LogP contribution in [0.3, 0.4) is 0 Å². The van der Waals surface area contributed by atoms with Gasteiger partial charge in [-0.3, -0.25) is 14.9 Å². The number of ether oxygens (including phenoxy) is 3. The predicted octanol–water partition coefficient (Wildman–Crippen LogP) is 6.37. The van der Waals surface area contributed by atoms with Crippen molar-refractivity contribution in [1.29, 1.82) is 0 Å². The number of nitrogens with one attached hydrogen (secondary N) is 1. The average Bonchev–Trinajstić information content (AvgIpc) is 2.99. The Morgan fingerprint density at radius 1 is 1.02 bits per heavy atom. The van der Waals surface area contributed by atoms with Gasteiger partial charge in [-0.2, -0.15) is 0 Å². The van der Waals surface area contributed by atoms with E-state index in [1.807, 2.05) is 42.5 Å². The highest BCUT2D eigenvalue weighted by Gasteiger charge is 2.42. The molecule has 1 heterocycles. The van der Waals surface area contributed by atoms with Crippen molar-refractivity contribution in [2.24, 2.45) is 0 Å². The molecule has 0 radical (unpaired) electrons. The molecule has 0 fully saturated rings. The smallest absolute Gasteiger partial charge is 0.337 e. The second-order valence-corrected chi connectivity index (χ2v) is 10.6. The maximum Gasteiger partial charge on any atom is 0.337 e. The summed E-state index contributed by atoms with van der Waals surface area (Å²) in [5.74, 6) is -0.828. The molecule has 1 aliphatic carbocycles. The topological polar surface area (TPSA) is 117 Å². The number of ketones is 1. The largest absolute Gasteiger partial charge is 0.493 e. The fourth-order valence-electron chi connectivity index (χ4n) is 5.63. The Labute approximate surface area is 247 Å². The Balaban J connectivity index is 1.57. The molecular weight excluding hydrogens is 560 g/mol. The summed E-state index contributed by atoms with van der Waals surface area (Å²) in [5.41, 5.74) is 3.45. The molecule has 5 rings (SSSR count). The van der Waals surface area contributed by atoms with E-state index in [-0.39, 0.29) is 41.0 Å². The zero-order valence-corrected chi connectivity index (χ0v) is 24.1. The zero-order valence-electron chi connectivity index (χ0n) is 23.3. The van der Waals surface area contributed by atoms with Gasteiger partial charge in [0.2, 0.25) is 0 Å². The van der Waals surface area contributed by atoms with Crippen LogP contribution in [-0.2, 0) is 20.9 Å². The van der Waals surface area contributed by atoms with Gasteiger partial charge in [0.15, 0.2) is 17.3 Å². The lowest BCUT2D eigenvalue weighted by molar-refractivity contribution is -0.384. The highest BCUT2D eigenvalue weighted by atomic mass is 35.5. The number of allylic oxidation sites excluding steroid dienone is 3. The van der Waals surface area contributed by atoms with Gasteiger partial charge < -0.3 is 19.5 Å². The van der Waals surface area contributed by atoms with Crippen molar-refractivity contribution in [2.45, 2.75) is 38.2 Å². The summed E-state index contributed by atoms with van der Waals surface area (Å²) in [4.78, 5) is 38.7. The Bertz CT molecular complexity index is 1630. The molecule has 10 heteroatoms. The summed E-state index contributed by atoms with van der Waals surface area (Å²) in [5, 5.41) is 15.2. The first-order chi connectivity index (χ1) is 20.2. The molecule has 42 heavy (non-hydrogen) atoms. The van der Waals surface area contributed by atoms with Crippen LogP contribution in [0.25, 0.3) is 0 Å². The molecule has 9 nitrogen and oxygen atoms in total. The molecule has 3 aromatic rings. The second-order valence-electron chi connectivity index (χ2n) is 10.2. The normalized spacial score (nSPS) is 18.2. The molecule has 1 N–H and O–H groups in total. The van der Waals surface area contributed by atoms with E-state index < -0.39 is 16.8 Å². The number of non-ortho nitro benzene ring substituents is 1. The summed E-state index contributed by atoms with van der Waals surface area (Å²) in [6.07, 6.45) is 0.619. The molecule has 2 aliphatic rings. The maximum atomic E-state index is 14.0. The highest BCUT2D eigenvalue weighted by molar-refractivity contribution is 6.31. The number of rotatable bonds is 8. The van der Waals surface area contributed by atoms with Crippen LogP contribution in [0, 0.1) is 10.1 Å². The van der Waals surface area contributed by atoms with E-state index in [0.717, 1.165) is 11.1 Å². The van der Waals surface area contributed by atoms with E-state index >= 15 is 0 Å². The first kappa shape index (κ1) is 28.9. The van der Waals surface area contributed by atoms with Gasteiger partial charge in [-0.1, -0.05) is 48.0 Å². The van der Waals surface area contributed by atoms with Crippen LogP contribution in [0.2, 0.25) is 5.02 Å². The number of halogens is 1. The van der Waals surface area contributed by atoms with Crippen molar-refractivity contribution >= 4 is 29.0 Å². The van der Waals surface area contributed by atoms with E-state index in [1.54, 1.807) is 27.2 Å². The monoisotopic (exact) mass is 588 g/mol. The Kier molecular flexibility index (Phi) is 8.31. The number of hydrogen-bond donors (Lipinski definition) is 1. The standard InChI is InChI=1S/C32H29ClN2O7/c1-18-29(32(37)42-17-19-7-5-4-6-8-19)30(23-16-22(35(38)39)10-11-24(23)33)31-25(34-18)13-21(14-26(31)36)20-9-12-27(40-2)28(15-20)41-3/h4-12,15-16,21,30,34H,13-14,17H2,1-3H3/t21-,30+/m0/s1. The summed E-state index contributed by atoms with van der Waals surface area (Å²) in [6, 6.07) is 18.8. The third kappa shape index (κ3) is 5.60. The number of carbonyl (C=O) groups is 2. The van der Waals surface area contributed by atoms with E-state index in [9.17, 15) is 19.7 Å². The van der Waals surface area contributed by atoms with Crippen LogP contribution in [-0.4, -0.2) is 30.9 Å². The molecule has 0 aromatic heterocycles. The molecule has 0 bridgehead atoms. The number of nitrogens with zero attached hydrogens (tertiary/aromatic N) is 1. The van der Waals surface area contributed by atoms with Crippen molar-refractivity contribution < 1.29 is 28.7 Å². The van der Waals surface area contributed by atoms with E-state index in [4.69, 9.17) is 25.8 Å². The number of methoxy groups -OCH3 is 2. The van der Waals surface area contributed by atoms with Crippen LogP contribution in [0.1, 0.15) is 48.3 Å². The van der Waals surface area contributed by atoms with Gasteiger partial charge in [-0.25, -0.2) is 4.79 Å². The molecule has 1 aliphatic heterocycles. The van der Waals surface area contributed by atoms with Gasteiger partial charge in [-0.15, -0.1) is 0 Å². The fraction of sp³-hybridized carbons (Fsp3) is 0.250. The highest BCUT2D eigenvalue weighted by Crippen LogP contribution is 2.48. The number of esters is 1. The van der Waals surface area contributed by atoms with Gasteiger partial charge in [0, 0.05) is 46.5 Å². The molecule has 3 aromatic carbocycles. The minimum atomic E-state index is -0.948. The lowest BCUT2D eigenvalue weighted by Gasteiger charge is -2.37. The van der Waals surface area contributed by atoms with E-state index in [2.05, 4.69) is 5.32 Å². The van der Waals surface area contributed by atoms with Crippen LogP contribution in [0.4, 0.5) is 5.69 Å². The van der Waals surface area contributed by atoms with Crippen molar-refractivity contribution in [2.75, 3.05) is 14.2 Å². The van der Waals surface area contributed by atoms with Crippen LogP contribution in [0.5, 0.6) is 11.5 Å². The molecule has 0 unspecified atom stereocenters. The Morgan fingerprint density at radius 3 is 2.45 bits per heavy atom. The quantitative estimate of drug-likeness (QED) is 0.183. The van der Waals surface area contributed by atoms with Gasteiger partial charge in [0.25, 0.3) is 5.69 Å². The summed E-state index contributed by atoms with van der Waals surface area (Å²) < 4.78 is 16.5. The Hall–Kier alpha value is -4.63. The molecule has 0 saturated heterocycles. The first-order valence-corrected chi connectivity index (χ1v) is 13.7. The van der Waals surface area contributed by atoms with Gasteiger partial charge in [-0.05, 0) is 54.2 Å². The summed E-state index contributed by atoms with van der Waals surface area (Å²) >= 11 is 6.61. The number of nitro benzene ring substituents is 1. The molecule has 0 amide bonds. The van der Waals surface area contributed by atoms with Crippen LogP contribution in [0.15, 0.2) is 89.3 Å². The molecular formula is C32H29ClN2O7.